The van der Waals surface area contributed by atoms with Gasteiger partial charge in [0.15, 0.2) is 5.82 Å². The Balaban J connectivity index is 2.23. The molecule has 0 radical (unpaired) electrons. The van der Waals surface area contributed by atoms with Gasteiger partial charge in [0.2, 0.25) is 0 Å². The lowest BCUT2D eigenvalue weighted by Crippen LogP contribution is -2.18. The lowest BCUT2D eigenvalue weighted by Gasteiger charge is -2.19. The van der Waals surface area contributed by atoms with Crippen LogP contribution in [0.4, 0.5) is 19.0 Å². The average molecular weight is 492 g/mol. The molecule has 0 atom stereocenters. The van der Waals surface area contributed by atoms with Crippen LogP contribution in [0.5, 0.6) is 17.4 Å². The Bertz CT molecular complexity index is 844. The molecule has 2 N–H and O–H groups in total. The minimum Gasteiger partial charge on any atom is -0.496 e. The molecule has 0 amide bonds. The van der Waals surface area contributed by atoms with Crippen LogP contribution in [0, 0.1) is 0 Å². The first-order valence-corrected chi connectivity index (χ1v) is 10.4. The Labute approximate surface area is 182 Å². The third-order valence-electron chi connectivity index (χ3n) is 4.26. The van der Waals surface area contributed by atoms with Gasteiger partial charge in [-0.1, -0.05) is 32.8 Å². The number of rotatable bonds is 10. The number of ether oxygens (including phenoxy) is 3. The summed E-state index contributed by atoms with van der Waals surface area (Å²) < 4.78 is 52.8. The standard InChI is InChI=1S/C20H25BrF3N3O3/c1-4-6-13(7-5-2)29-19-18(25)26-15(17(21)27-19)10-12-8-9-14(11-16(12)28-3)30-20(22,23)24/h8-9,11,13H,4-7,10H2,1-3H3,(H2,25,26). The van der Waals surface area contributed by atoms with Crippen molar-refractivity contribution in [2.45, 2.75) is 58.4 Å². The molecule has 1 aromatic carbocycles. The van der Waals surface area contributed by atoms with Gasteiger partial charge in [-0.3, -0.25) is 0 Å². The summed E-state index contributed by atoms with van der Waals surface area (Å²) >= 11 is 3.38. The lowest BCUT2D eigenvalue weighted by atomic mass is 10.1. The van der Waals surface area contributed by atoms with Crippen LogP contribution in [0.15, 0.2) is 22.8 Å². The Morgan fingerprint density at radius 2 is 1.80 bits per heavy atom. The minimum atomic E-state index is -4.78. The maximum atomic E-state index is 12.4. The van der Waals surface area contributed by atoms with Crippen LogP contribution in [0.1, 0.15) is 50.8 Å². The zero-order valence-electron chi connectivity index (χ0n) is 17.1. The third kappa shape index (κ3) is 6.93. The predicted molar refractivity (Wildman–Crippen MR) is 111 cm³/mol. The van der Waals surface area contributed by atoms with E-state index in [1.54, 1.807) is 0 Å². The number of methoxy groups -OCH3 is 1. The number of hydrogen-bond donors (Lipinski definition) is 1. The molecule has 10 heteroatoms. The fraction of sp³-hybridized carbons (Fsp3) is 0.500. The maximum Gasteiger partial charge on any atom is 0.573 e. The van der Waals surface area contributed by atoms with Gasteiger partial charge in [-0.25, -0.2) is 9.97 Å². The van der Waals surface area contributed by atoms with E-state index in [2.05, 4.69) is 44.5 Å². The maximum absolute atomic E-state index is 12.4. The smallest absolute Gasteiger partial charge is 0.496 e. The number of alkyl halides is 3. The summed E-state index contributed by atoms with van der Waals surface area (Å²) in [7, 11) is 1.36. The molecule has 0 aliphatic rings. The van der Waals surface area contributed by atoms with Crippen molar-refractivity contribution < 1.29 is 27.4 Å². The zero-order chi connectivity index (χ0) is 22.3. The monoisotopic (exact) mass is 491 g/mol. The Hall–Kier alpha value is -2.23. The molecule has 1 aromatic heterocycles. The van der Waals surface area contributed by atoms with E-state index < -0.39 is 6.36 Å². The first kappa shape index (κ1) is 24.0. The van der Waals surface area contributed by atoms with Crippen molar-refractivity contribution in [3.05, 3.63) is 34.1 Å². The summed E-state index contributed by atoms with van der Waals surface area (Å²) in [6.07, 6.45) is -0.804. The molecule has 0 fully saturated rings. The molecule has 1 heterocycles. The van der Waals surface area contributed by atoms with Crippen molar-refractivity contribution in [3.63, 3.8) is 0 Å². The quantitative estimate of drug-likeness (QED) is 0.461. The number of nitrogen functional groups attached to an aromatic ring is 1. The summed E-state index contributed by atoms with van der Waals surface area (Å²) in [6, 6.07) is 3.87. The molecular formula is C20H25BrF3N3O3. The summed E-state index contributed by atoms with van der Waals surface area (Å²) in [5, 5.41) is 0. The molecule has 0 bridgehead atoms. The normalized spacial score (nSPS) is 11.6. The van der Waals surface area contributed by atoms with Gasteiger partial charge in [0.25, 0.3) is 5.88 Å². The largest absolute Gasteiger partial charge is 0.573 e. The van der Waals surface area contributed by atoms with Crippen LogP contribution >= 0.6 is 15.9 Å². The highest BCUT2D eigenvalue weighted by Gasteiger charge is 2.31. The fourth-order valence-electron chi connectivity index (χ4n) is 2.96. The Morgan fingerprint density at radius 3 is 2.37 bits per heavy atom. The highest BCUT2D eigenvalue weighted by atomic mass is 79.9. The summed E-state index contributed by atoms with van der Waals surface area (Å²) in [5.41, 5.74) is 7.16. The molecule has 0 aliphatic heterocycles. The second-order valence-corrected chi connectivity index (χ2v) is 7.42. The topological polar surface area (TPSA) is 79.5 Å². The second kappa shape index (κ2) is 10.7. The fourth-order valence-corrected chi connectivity index (χ4v) is 3.35. The van der Waals surface area contributed by atoms with Gasteiger partial charge in [-0.05, 0) is 34.8 Å². The number of anilines is 1. The van der Waals surface area contributed by atoms with E-state index in [1.807, 2.05) is 0 Å². The summed E-state index contributed by atoms with van der Waals surface area (Å²) in [4.78, 5) is 8.76. The van der Waals surface area contributed by atoms with Gasteiger partial charge in [0.05, 0.1) is 12.8 Å². The first-order valence-electron chi connectivity index (χ1n) is 9.58. The molecule has 0 saturated carbocycles. The van der Waals surface area contributed by atoms with Gasteiger partial charge in [0, 0.05) is 18.1 Å². The molecule has 0 spiro atoms. The molecule has 2 aromatic rings. The van der Waals surface area contributed by atoms with E-state index in [9.17, 15) is 13.2 Å². The number of halogens is 4. The molecule has 0 saturated heterocycles. The van der Waals surface area contributed by atoms with Gasteiger partial charge in [-0.2, -0.15) is 0 Å². The molecular weight excluding hydrogens is 467 g/mol. The number of hydrogen-bond acceptors (Lipinski definition) is 6. The number of nitrogens with two attached hydrogens (primary N) is 1. The van der Waals surface area contributed by atoms with Crippen molar-refractivity contribution in [1.29, 1.82) is 0 Å². The lowest BCUT2D eigenvalue weighted by molar-refractivity contribution is -0.274. The molecule has 30 heavy (non-hydrogen) atoms. The highest BCUT2D eigenvalue weighted by Crippen LogP contribution is 2.32. The van der Waals surface area contributed by atoms with E-state index in [-0.39, 0.29) is 35.7 Å². The van der Waals surface area contributed by atoms with Crippen molar-refractivity contribution in [3.8, 4) is 17.4 Å². The zero-order valence-corrected chi connectivity index (χ0v) is 18.6. The van der Waals surface area contributed by atoms with E-state index >= 15 is 0 Å². The molecule has 0 unspecified atom stereocenters. The summed E-state index contributed by atoms with van der Waals surface area (Å²) in [6.45, 7) is 4.16. The van der Waals surface area contributed by atoms with Gasteiger partial charge in [-0.15, -0.1) is 13.2 Å². The average Bonchev–Trinajstić information content (AvgIpc) is 2.66. The van der Waals surface area contributed by atoms with Gasteiger partial charge in [0.1, 0.15) is 22.2 Å². The van der Waals surface area contributed by atoms with Crippen molar-refractivity contribution in [1.82, 2.24) is 9.97 Å². The van der Waals surface area contributed by atoms with E-state index in [0.29, 0.717) is 15.9 Å². The summed E-state index contributed by atoms with van der Waals surface area (Å²) in [5.74, 6) is 0.282. The van der Waals surface area contributed by atoms with Crippen LogP contribution in [-0.4, -0.2) is 29.5 Å². The predicted octanol–water partition coefficient (Wildman–Crippen LogP) is 5.67. The van der Waals surface area contributed by atoms with Crippen LogP contribution in [0.25, 0.3) is 0 Å². The molecule has 2 rings (SSSR count). The van der Waals surface area contributed by atoms with Crippen LogP contribution in [0.3, 0.4) is 0 Å². The minimum absolute atomic E-state index is 0.00983. The Kier molecular flexibility index (Phi) is 8.57. The molecule has 0 aliphatic carbocycles. The number of benzene rings is 1. The first-order chi connectivity index (χ1) is 14.2. The van der Waals surface area contributed by atoms with Gasteiger partial charge < -0.3 is 19.9 Å². The van der Waals surface area contributed by atoms with Crippen molar-refractivity contribution in [2.75, 3.05) is 12.8 Å². The van der Waals surface area contributed by atoms with Crippen molar-refractivity contribution in [2.24, 2.45) is 0 Å². The van der Waals surface area contributed by atoms with Crippen molar-refractivity contribution >= 4 is 21.7 Å². The van der Waals surface area contributed by atoms with E-state index in [1.165, 1.54) is 25.3 Å². The van der Waals surface area contributed by atoms with Crippen LogP contribution < -0.4 is 19.9 Å². The second-order valence-electron chi connectivity index (χ2n) is 6.67. The Morgan fingerprint density at radius 1 is 1.13 bits per heavy atom. The van der Waals surface area contributed by atoms with Crippen LogP contribution in [0.2, 0.25) is 0 Å². The SMILES string of the molecule is CCCC(CCC)Oc1nc(Br)c(Cc2ccc(OC(F)(F)F)cc2OC)nc1N. The molecule has 6 nitrogen and oxygen atoms in total. The molecule has 166 valence electrons. The highest BCUT2D eigenvalue weighted by molar-refractivity contribution is 9.10. The van der Waals surface area contributed by atoms with E-state index in [4.69, 9.17) is 15.2 Å². The van der Waals surface area contributed by atoms with Gasteiger partial charge >= 0.3 is 6.36 Å². The number of nitrogens with zero attached hydrogens (tertiary/aromatic N) is 2. The van der Waals surface area contributed by atoms with Crippen LogP contribution in [-0.2, 0) is 6.42 Å². The van der Waals surface area contributed by atoms with E-state index in [0.717, 1.165) is 25.7 Å². The third-order valence-corrected chi connectivity index (χ3v) is 4.90. The number of aromatic nitrogens is 2.